The molecule has 1 unspecified atom stereocenters. The quantitative estimate of drug-likeness (QED) is 0.865. The van der Waals surface area contributed by atoms with Gasteiger partial charge in [0, 0.05) is 11.6 Å². The molecule has 0 spiro atoms. The van der Waals surface area contributed by atoms with Crippen molar-refractivity contribution in [3.05, 3.63) is 35.4 Å². The van der Waals surface area contributed by atoms with Crippen LogP contribution in [0.2, 0.25) is 0 Å². The van der Waals surface area contributed by atoms with Crippen molar-refractivity contribution in [2.45, 2.75) is 39.7 Å². The second-order valence-electron chi connectivity index (χ2n) is 4.53. The molecule has 3 heteroatoms. The van der Waals surface area contributed by atoms with Crippen LogP contribution in [-0.2, 0) is 0 Å². The molecule has 0 saturated carbocycles. The highest BCUT2D eigenvalue weighted by Crippen LogP contribution is 2.13. The van der Waals surface area contributed by atoms with Crippen molar-refractivity contribution in [2.75, 3.05) is 0 Å². The Bertz CT molecular complexity index is 427. The van der Waals surface area contributed by atoms with Crippen molar-refractivity contribution >= 4 is 5.91 Å². The van der Waals surface area contributed by atoms with Crippen LogP contribution < -0.4 is 5.32 Å². The SMILES string of the molecule is CCC(CC)C(C)NC(=O)c1ccc(C#N)cc1. The summed E-state index contributed by atoms with van der Waals surface area (Å²) < 4.78 is 0. The highest BCUT2D eigenvalue weighted by molar-refractivity contribution is 5.94. The van der Waals surface area contributed by atoms with Gasteiger partial charge in [-0.1, -0.05) is 26.7 Å². The molecule has 18 heavy (non-hydrogen) atoms. The molecule has 0 aliphatic heterocycles. The van der Waals surface area contributed by atoms with Gasteiger partial charge in [-0.15, -0.1) is 0 Å². The predicted octanol–water partition coefficient (Wildman–Crippen LogP) is 3.11. The monoisotopic (exact) mass is 244 g/mol. The lowest BCUT2D eigenvalue weighted by Crippen LogP contribution is -2.37. The lowest BCUT2D eigenvalue weighted by Gasteiger charge is -2.22. The largest absolute Gasteiger partial charge is 0.349 e. The molecular formula is C15H20N2O. The minimum absolute atomic E-state index is 0.0705. The number of nitrogens with zero attached hydrogens (tertiary/aromatic N) is 1. The predicted molar refractivity (Wildman–Crippen MR) is 72.2 cm³/mol. The Morgan fingerprint density at radius 3 is 2.28 bits per heavy atom. The molecule has 1 N–H and O–H groups in total. The van der Waals surface area contributed by atoms with Crippen LogP contribution in [0.1, 0.15) is 49.5 Å². The van der Waals surface area contributed by atoms with E-state index in [0.29, 0.717) is 17.0 Å². The van der Waals surface area contributed by atoms with E-state index in [1.54, 1.807) is 24.3 Å². The molecule has 0 bridgehead atoms. The molecule has 0 saturated heterocycles. The number of hydrogen-bond acceptors (Lipinski definition) is 2. The molecule has 0 heterocycles. The average molecular weight is 244 g/mol. The zero-order valence-corrected chi connectivity index (χ0v) is 11.2. The Morgan fingerprint density at radius 1 is 1.28 bits per heavy atom. The number of carbonyl (C=O) groups is 1. The van der Waals surface area contributed by atoms with E-state index in [2.05, 4.69) is 19.2 Å². The average Bonchev–Trinajstić information content (AvgIpc) is 2.40. The van der Waals surface area contributed by atoms with Crippen molar-refractivity contribution in [1.82, 2.24) is 5.32 Å². The summed E-state index contributed by atoms with van der Waals surface area (Å²) in [6, 6.07) is 8.91. The second kappa shape index (κ2) is 6.80. The topological polar surface area (TPSA) is 52.9 Å². The van der Waals surface area contributed by atoms with Crippen molar-refractivity contribution in [3.63, 3.8) is 0 Å². The highest BCUT2D eigenvalue weighted by Gasteiger charge is 2.16. The Morgan fingerprint density at radius 2 is 1.83 bits per heavy atom. The fourth-order valence-electron chi connectivity index (χ4n) is 2.10. The van der Waals surface area contributed by atoms with Gasteiger partial charge in [0.25, 0.3) is 5.91 Å². The second-order valence-corrected chi connectivity index (χ2v) is 4.53. The maximum absolute atomic E-state index is 12.0. The minimum Gasteiger partial charge on any atom is -0.349 e. The maximum atomic E-state index is 12.0. The third kappa shape index (κ3) is 3.59. The van der Waals surface area contributed by atoms with E-state index in [9.17, 15) is 4.79 Å². The Balaban J connectivity index is 2.67. The molecule has 3 nitrogen and oxygen atoms in total. The number of benzene rings is 1. The van der Waals surface area contributed by atoms with Crippen LogP contribution in [-0.4, -0.2) is 11.9 Å². The number of rotatable bonds is 5. The van der Waals surface area contributed by atoms with Gasteiger partial charge < -0.3 is 5.32 Å². The zero-order chi connectivity index (χ0) is 13.5. The normalized spacial score (nSPS) is 11.9. The minimum atomic E-state index is -0.0705. The molecular weight excluding hydrogens is 224 g/mol. The highest BCUT2D eigenvalue weighted by atomic mass is 16.1. The smallest absolute Gasteiger partial charge is 0.251 e. The summed E-state index contributed by atoms with van der Waals surface area (Å²) in [5.74, 6) is 0.436. The van der Waals surface area contributed by atoms with Gasteiger partial charge in [0.15, 0.2) is 0 Å². The van der Waals surface area contributed by atoms with Crippen LogP contribution in [0.25, 0.3) is 0 Å². The van der Waals surface area contributed by atoms with Crippen LogP contribution in [0.3, 0.4) is 0 Å². The molecule has 0 radical (unpaired) electrons. The summed E-state index contributed by atoms with van der Waals surface area (Å²) in [6.45, 7) is 6.32. The van der Waals surface area contributed by atoms with E-state index < -0.39 is 0 Å². The first-order valence-electron chi connectivity index (χ1n) is 6.43. The summed E-state index contributed by atoms with van der Waals surface area (Å²) in [5.41, 5.74) is 1.17. The van der Waals surface area contributed by atoms with Gasteiger partial charge in [-0.3, -0.25) is 4.79 Å². The van der Waals surface area contributed by atoms with Crippen LogP contribution in [0.5, 0.6) is 0 Å². The van der Waals surface area contributed by atoms with Gasteiger partial charge in [-0.2, -0.15) is 5.26 Å². The maximum Gasteiger partial charge on any atom is 0.251 e. The van der Waals surface area contributed by atoms with Crippen molar-refractivity contribution < 1.29 is 4.79 Å². The number of nitrogens with one attached hydrogen (secondary N) is 1. The lowest BCUT2D eigenvalue weighted by atomic mass is 9.95. The van der Waals surface area contributed by atoms with Gasteiger partial charge in [0.05, 0.1) is 11.6 Å². The molecule has 0 aliphatic rings. The molecule has 0 aliphatic carbocycles. The number of carbonyl (C=O) groups excluding carboxylic acids is 1. The zero-order valence-electron chi connectivity index (χ0n) is 11.2. The van der Waals surface area contributed by atoms with E-state index in [-0.39, 0.29) is 11.9 Å². The molecule has 1 atom stereocenters. The van der Waals surface area contributed by atoms with Gasteiger partial charge in [0.1, 0.15) is 0 Å². The van der Waals surface area contributed by atoms with Crippen LogP contribution in [0, 0.1) is 17.2 Å². The van der Waals surface area contributed by atoms with E-state index in [1.165, 1.54) is 0 Å². The first-order chi connectivity index (χ1) is 8.62. The Kier molecular flexibility index (Phi) is 5.38. The first-order valence-corrected chi connectivity index (χ1v) is 6.43. The van der Waals surface area contributed by atoms with Gasteiger partial charge in [-0.25, -0.2) is 0 Å². The van der Waals surface area contributed by atoms with E-state index >= 15 is 0 Å². The van der Waals surface area contributed by atoms with E-state index in [0.717, 1.165) is 12.8 Å². The molecule has 96 valence electrons. The van der Waals surface area contributed by atoms with Gasteiger partial charge in [-0.05, 0) is 37.1 Å². The van der Waals surface area contributed by atoms with Crippen molar-refractivity contribution in [1.29, 1.82) is 5.26 Å². The van der Waals surface area contributed by atoms with E-state index in [4.69, 9.17) is 5.26 Å². The molecule has 1 amide bonds. The standard InChI is InChI=1S/C15H20N2O/c1-4-13(5-2)11(3)17-15(18)14-8-6-12(10-16)7-9-14/h6-9,11,13H,4-5H2,1-3H3,(H,17,18). The number of amides is 1. The number of hydrogen-bond donors (Lipinski definition) is 1. The number of nitriles is 1. The van der Waals surface area contributed by atoms with Gasteiger partial charge in [0.2, 0.25) is 0 Å². The Hall–Kier alpha value is -1.82. The fourth-order valence-corrected chi connectivity index (χ4v) is 2.10. The summed E-state index contributed by atoms with van der Waals surface area (Å²) in [4.78, 5) is 12.0. The Labute approximate surface area is 109 Å². The molecule has 1 aromatic rings. The molecule has 1 rings (SSSR count). The summed E-state index contributed by atoms with van der Waals surface area (Å²) in [7, 11) is 0. The van der Waals surface area contributed by atoms with Gasteiger partial charge >= 0.3 is 0 Å². The fraction of sp³-hybridized carbons (Fsp3) is 0.467. The van der Waals surface area contributed by atoms with Crippen LogP contribution in [0.15, 0.2) is 24.3 Å². The molecule has 1 aromatic carbocycles. The summed E-state index contributed by atoms with van der Waals surface area (Å²) in [6.07, 6.45) is 2.12. The van der Waals surface area contributed by atoms with Crippen LogP contribution >= 0.6 is 0 Å². The van der Waals surface area contributed by atoms with Crippen molar-refractivity contribution in [2.24, 2.45) is 5.92 Å². The van der Waals surface area contributed by atoms with E-state index in [1.807, 2.05) is 13.0 Å². The first kappa shape index (κ1) is 14.2. The lowest BCUT2D eigenvalue weighted by molar-refractivity contribution is 0.0925. The third-order valence-corrected chi connectivity index (χ3v) is 3.39. The summed E-state index contributed by atoms with van der Waals surface area (Å²) >= 11 is 0. The van der Waals surface area contributed by atoms with Crippen LogP contribution in [0.4, 0.5) is 0 Å². The third-order valence-electron chi connectivity index (χ3n) is 3.39. The molecule has 0 fully saturated rings. The molecule has 0 aromatic heterocycles. The summed E-state index contributed by atoms with van der Waals surface area (Å²) in [5, 5.41) is 11.7. The van der Waals surface area contributed by atoms with Crippen molar-refractivity contribution in [3.8, 4) is 6.07 Å².